The monoisotopic (exact) mass is 277 g/mol. The van der Waals surface area contributed by atoms with Crippen molar-refractivity contribution in [2.24, 2.45) is 5.92 Å². The Morgan fingerprint density at radius 3 is 2.60 bits per heavy atom. The van der Waals surface area contributed by atoms with Crippen LogP contribution in [0, 0.1) is 5.92 Å². The van der Waals surface area contributed by atoms with E-state index in [1.807, 2.05) is 0 Å². The van der Waals surface area contributed by atoms with Crippen LogP contribution in [0.2, 0.25) is 0 Å². The van der Waals surface area contributed by atoms with Crippen molar-refractivity contribution in [3.8, 4) is 0 Å². The van der Waals surface area contributed by atoms with Crippen molar-refractivity contribution in [3.63, 3.8) is 0 Å². The lowest BCUT2D eigenvalue weighted by Gasteiger charge is -2.22. The predicted octanol–water partition coefficient (Wildman–Crippen LogP) is 2.33. The van der Waals surface area contributed by atoms with Gasteiger partial charge >= 0.3 is 0 Å². The predicted molar refractivity (Wildman–Crippen MR) is 83.9 cm³/mol. The SMILES string of the molecule is CC(CNc1ncnc(N)c1C(C)C)CN1CCCC1. The molecular weight excluding hydrogens is 250 g/mol. The van der Waals surface area contributed by atoms with Gasteiger partial charge in [0, 0.05) is 18.7 Å². The van der Waals surface area contributed by atoms with E-state index in [1.165, 1.54) is 32.3 Å². The highest BCUT2D eigenvalue weighted by Crippen LogP contribution is 2.26. The lowest BCUT2D eigenvalue weighted by atomic mass is 10.0. The Morgan fingerprint density at radius 2 is 1.95 bits per heavy atom. The Bertz CT molecular complexity index is 426. The van der Waals surface area contributed by atoms with Crippen LogP contribution < -0.4 is 11.1 Å². The number of nitrogen functional groups attached to an aromatic ring is 1. The number of hydrogen-bond acceptors (Lipinski definition) is 5. The third-order valence-electron chi connectivity index (χ3n) is 3.88. The fourth-order valence-corrected chi connectivity index (χ4v) is 2.86. The van der Waals surface area contributed by atoms with Gasteiger partial charge in [-0.1, -0.05) is 20.8 Å². The molecule has 5 nitrogen and oxygen atoms in total. The van der Waals surface area contributed by atoms with E-state index in [4.69, 9.17) is 5.73 Å². The first-order valence-electron chi connectivity index (χ1n) is 7.64. The molecule has 0 amide bonds. The number of nitrogens with two attached hydrogens (primary N) is 1. The van der Waals surface area contributed by atoms with Crippen molar-refractivity contribution in [1.82, 2.24) is 14.9 Å². The quantitative estimate of drug-likeness (QED) is 0.835. The van der Waals surface area contributed by atoms with Gasteiger partial charge in [0.1, 0.15) is 18.0 Å². The number of hydrogen-bond donors (Lipinski definition) is 2. The minimum absolute atomic E-state index is 0.326. The molecule has 0 spiro atoms. The number of nitrogens with one attached hydrogen (secondary N) is 1. The smallest absolute Gasteiger partial charge is 0.134 e. The van der Waals surface area contributed by atoms with E-state index < -0.39 is 0 Å². The summed E-state index contributed by atoms with van der Waals surface area (Å²) >= 11 is 0. The Labute approximate surface area is 122 Å². The number of nitrogens with zero attached hydrogens (tertiary/aromatic N) is 3. The molecule has 112 valence electrons. The zero-order valence-corrected chi connectivity index (χ0v) is 12.9. The Balaban J connectivity index is 1.91. The van der Waals surface area contributed by atoms with Gasteiger partial charge in [0.15, 0.2) is 0 Å². The second-order valence-corrected chi connectivity index (χ2v) is 6.17. The molecule has 0 aliphatic carbocycles. The summed E-state index contributed by atoms with van der Waals surface area (Å²) in [6.07, 6.45) is 4.23. The maximum absolute atomic E-state index is 5.96. The minimum atomic E-state index is 0.326. The summed E-state index contributed by atoms with van der Waals surface area (Å²) in [6, 6.07) is 0. The Hall–Kier alpha value is -1.36. The van der Waals surface area contributed by atoms with Crippen LogP contribution in [0.5, 0.6) is 0 Å². The maximum atomic E-state index is 5.96. The molecule has 2 rings (SSSR count). The van der Waals surface area contributed by atoms with Crippen LogP contribution in [-0.2, 0) is 0 Å². The van der Waals surface area contributed by atoms with Crippen molar-refractivity contribution in [2.45, 2.75) is 39.5 Å². The zero-order chi connectivity index (χ0) is 14.5. The summed E-state index contributed by atoms with van der Waals surface area (Å²) in [5.41, 5.74) is 6.99. The third-order valence-corrected chi connectivity index (χ3v) is 3.88. The molecule has 3 N–H and O–H groups in total. The molecule has 1 fully saturated rings. The molecule has 1 aliphatic rings. The summed E-state index contributed by atoms with van der Waals surface area (Å²) in [6.45, 7) is 11.1. The first-order chi connectivity index (χ1) is 9.58. The average molecular weight is 277 g/mol. The van der Waals surface area contributed by atoms with Gasteiger partial charge in [0.05, 0.1) is 0 Å². The van der Waals surface area contributed by atoms with Gasteiger partial charge in [-0.05, 0) is 37.8 Å². The van der Waals surface area contributed by atoms with E-state index in [2.05, 4.69) is 41.0 Å². The summed E-state index contributed by atoms with van der Waals surface area (Å²) in [5.74, 6) is 2.40. The Morgan fingerprint density at radius 1 is 1.25 bits per heavy atom. The molecule has 0 bridgehead atoms. The molecule has 1 aromatic heterocycles. The number of aromatic nitrogens is 2. The largest absolute Gasteiger partial charge is 0.383 e. The molecule has 1 unspecified atom stereocenters. The standard InChI is InChI=1S/C15H27N5/c1-11(2)13-14(16)18-10-19-15(13)17-8-12(3)9-20-6-4-5-7-20/h10-12H,4-9H2,1-3H3,(H3,16,17,18,19). The van der Waals surface area contributed by atoms with Crippen molar-refractivity contribution in [1.29, 1.82) is 0 Å². The molecule has 0 radical (unpaired) electrons. The van der Waals surface area contributed by atoms with Crippen LogP contribution >= 0.6 is 0 Å². The van der Waals surface area contributed by atoms with Crippen LogP contribution in [0.15, 0.2) is 6.33 Å². The van der Waals surface area contributed by atoms with Crippen LogP contribution in [-0.4, -0.2) is 41.0 Å². The number of likely N-dealkylation sites (tertiary alicyclic amines) is 1. The van der Waals surface area contributed by atoms with Crippen LogP contribution in [0.1, 0.15) is 45.1 Å². The van der Waals surface area contributed by atoms with Crippen LogP contribution in [0.25, 0.3) is 0 Å². The molecule has 1 aliphatic heterocycles. The van der Waals surface area contributed by atoms with Gasteiger partial charge in [0.2, 0.25) is 0 Å². The summed E-state index contributed by atoms with van der Waals surface area (Å²) in [7, 11) is 0. The fourth-order valence-electron chi connectivity index (χ4n) is 2.86. The summed E-state index contributed by atoms with van der Waals surface area (Å²) < 4.78 is 0. The molecule has 1 atom stereocenters. The Kier molecular flexibility index (Phi) is 5.17. The third kappa shape index (κ3) is 3.82. The highest BCUT2D eigenvalue weighted by molar-refractivity contribution is 5.56. The zero-order valence-electron chi connectivity index (χ0n) is 12.9. The molecule has 2 heterocycles. The van der Waals surface area contributed by atoms with E-state index in [0.29, 0.717) is 17.7 Å². The van der Waals surface area contributed by atoms with Gasteiger partial charge in [-0.15, -0.1) is 0 Å². The van der Waals surface area contributed by atoms with E-state index in [1.54, 1.807) is 0 Å². The van der Waals surface area contributed by atoms with Crippen LogP contribution in [0.4, 0.5) is 11.6 Å². The molecule has 1 saturated heterocycles. The number of rotatable bonds is 6. The maximum Gasteiger partial charge on any atom is 0.134 e. The lowest BCUT2D eigenvalue weighted by Crippen LogP contribution is -2.29. The average Bonchev–Trinajstić information content (AvgIpc) is 2.88. The van der Waals surface area contributed by atoms with Crippen molar-refractivity contribution in [3.05, 3.63) is 11.9 Å². The van der Waals surface area contributed by atoms with Gasteiger partial charge in [0.25, 0.3) is 0 Å². The second-order valence-electron chi connectivity index (χ2n) is 6.17. The first-order valence-corrected chi connectivity index (χ1v) is 7.64. The molecule has 0 aromatic carbocycles. The van der Waals surface area contributed by atoms with E-state index in [-0.39, 0.29) is 0 Å². The van der Waals surface area contributed by atoms with Gasteiger partial charge in [-0.2, -0.15) is 0 Å². The van der Waals surface area contributed by atoms with Crippen molar-refractivity contribution < 1.29 is 0 Å². The van der Waals surface area contributed by atoms with E-state index in [9.17, 15) is 0 Å². The van der Waals surface area contributed by atoms with Crippen LogP contribution in [0.3, 0.4) is 0 Å². The van der Waals surface area contributed by atoms with Crippen molar-refractivity contribution >= 4 is 11.6 Å². The van der Waals surface area contributed by atoms with Gasteiger partial charge < -0.3 is 16.0 Å². The second kappa shape index (κ2) is 6.88. The highest BCUT2D eigenvalue weighted by Gasteiger charge is 2.16. The topological polar surface area (TPSA) is 67.1 Å². The molecule has 20 heavy (non-hydrogen) atoms. The summed E-state index contributed by atoms with van der Waals surface area (Å²) in [5, 5.41) is 3.45. The van der Waals surface area contributed by atoms with E-state index >= 15 is 0 Å². The van der Waals surface area contributed by atoms with Crippen molar-refractivity contribution in [2.75, 3.05) is 37.2 Å². The minimum Gasteiger partial charge on any atom is -0.383 e. The fraction of sp³-hybridized carbons (Fsp3) is 0.733. The first kappa shape index (κ1) is 15.0. The van der Waals surface area contributed by atoms with Gasteiger partial charge in [-0.25, -0.2) is 9.97 Å². The molecule has 5 heteroatoms. The molecule has 0 saturated carbocycles. The van der Waals surface area contributed by atoms with Gasteiger partial charge in [-0.3, -0.25) is 0 Å². The number of anilines is 2. The van der Waals surface area contributed by atoms with E-state index in [0.717, 1.165) is 24.5 Å². The molecular formula is C15H27N5. The summed E-state index contributed by atoms with van der Waals surface area (Å²) in [4.78, 5) is 11.0. The molecule has 1 aromatic rings. The lowest BCUT2D eigenvalue weighted by molar-refractivity contribution is 0.294. The highest BCUT2D eigenvalue weighted by atomic mass is 15.1. The normalized spacial score (nSPS) is 17.6.